The summed E-state index contributed by atoms with van der Waals surface area (Å²) in [5.74, 6) is 0. The van der Waals surface area contributed by atoms with Gasteiger partial charge in [-0.05, 0) is 12.1 Å². The van der Waals surface area contributed by atoms with Gasteiger partial charge >= 0.3 is 0 Å². The molecule has 1 N–H and O–H groups in total. The molecule has 1 aromatic carbocycles. The van der Waals surface area contributed by atoms with E-state index >= 15 is 0 Å². The first-order valence-corrected chi connectivity index (χ1v) is 7.08. The largest absolute Gasteiger partial charge is 0.330 e. The summed E-state index contributed by atoms with van der Waals surface area (Å²) < 4.78 is 26.1. The van der Waals surface area contributed by atoms with Crippen molar-refractivity contribution in [1.82, 2.24) is 9.36 Å². The van der Waals surface area contributed by atoms with Gasteiger partial charge in [-0.25, -0.2) is 8.42 Å². The van der Waals surface area contributed by atoms with Crippen molar-refractivity contribution in [2.45, 2.75) is 5.16 Å². The van der Waals surface area contributed by atoms with Crippen molar-refractivity contribution < 1.29 is 8.42 Å². The molecule has 0 aliphatic heterocycles. The van der Waals surface area contributed by atoms with Crippen molar-refractivity contribution in [3.05, 3.63) is 30.3 Å². The maximum absolute atomic E-state index is 11.2. The predicted octanol–water partition coefficient (Wildman–Crippen LogP) is 1.69. The van der Waals surface area contributed by atoms with Gasteiger partial charge in [0.1, 0.15) is 0 Å². The highest BCUT2D eigenvalue weighted by Gasteiger charge is 2.14. The van der Waals surface area contributed by atoms with Crippen LogP contribution in [0.3, 0.4) is 0 Å². The Kier molecular flexibility index (Phi) is 2.88. The fourth-order valence-electron chi connectivity index (χ4n) is 1.06. The van der Waals surface area contributed by atoms with E-state index in [2.05, 4.69) is 14.7 Å². The van der Waals surface area contributed by atoms with E-state index in [4.69, 9.17) is 0 Å². The average Bonchev–Trinajstić information content (AvgIpc) is 2.67. The molecule has 0 amide bonds. The van der Waals surface area contributed by atoms with Gasteiger partial charge in [0, 0.05) is 23.5 Å². The summed E-state index contributed by atoms with van der Waals surface area (Å²) in [5.41, 5.74) is 0.846. The standard InChI is InChI=1S/C9H9N3O2S2/c1-16(13,14)9-11-8(15-12-9)10-7-5-3-2-4-6-7/h2-6H,1H3,(H,10,11,12). The number of hydrogen-bond acceptors (Lipinski definition) is 6. The minimum Gasteiger partial charge on any atom is -0.330 e. The lowest BCUT2D eigenvalue weighted by Crippen LogP contribution is -1.99. The Morgan fingerprint density at radius 1 is 1.25 bits per heavy atom. The van der Waals surface area contributed by atoms with Gasteiger partial charge in [-0.3, -0.25) is 0 Å². The van der Waals surface area contributed by atoms with Crippen LogP contribution in [0.1, 0.15) is 0 Å². The van der Waals surface area contributed by atoms with Gasteiger partial charge in [-0.15, -0.1) is 0 Å². The monoisotopic (exact) mass is 255 g/mol. The lowest BCUT2D eigenvalue weighted by atomic mass is 10.3. The Hall–Kier alpha value is -1.47. The van der Waals surface area contributed by atoms with Crippen LogP contribution >= 0.6 is 11.5 Å². The molecule has 2 rings (SSSR count). The SMILES string of the molecule is CS(=O)(=O)c1nsc(Nc2ccccc2)n1. The van der Waals surface area contributed by atoms with E-state index in [-0.39, 0.29) is 5.16 Å². The van der Waals surface area contributed by atoms with Crippen LogP contribution in [0.4, 0.5) is 10.8 Å². The maximum Gasteiger partial charge on any atom is 0.260 e. The van der Waals surface area contributed by atoms with Gasteiger partial charge in [-0.2, -0.15) is 9.36 Å². The van der Waals surface area contributed by atoms with Crippen molar-refractivity contribution in [2.24, 2.45) is 0 Å². The van der Waals surface area contributed by atoms with Crippen molar-refractivity contribution in [3.63, 3.8) is 0 Å². The molecule has 0 bridgehead atoms. The van der Waals surface area contributed by atoms with E-state index in [0.717, 1.165) is 23.5 Å². The fraction of sp³-hybridized carbons (Fsp3) is 0.111. The first-order valence-electron chi connectivity index (χ1n) is 4.41. The highest BCUT2D eigenvalue weighted by Crippen LogP contribution is 2.19. The van der Waals surface area contributed by atoms with Crippen molar-refractivity contribution >= 4 is 32.2 Å². The van der Waals surface area contributed by atoms with Gasteiger partial charge in [0.25, 0.3) is 5.16 Å². The number of para-hydroxylation sites is 1. The first-order chi connectivity index (χ1) is 7.55. The number of benzene rings is 1. The topological polar surface area (TPSA) is 72.0 Å². The molecule has 84 valence electrons. The van der Waals surface area contributed by atoms with Crippen LogP contribution in [-0.4, -0.2) is 24.0 Å². The minimum atomic E-state index is -3.33. The van der Waals surface area contributed by atoms with E-state index in [0.29, 0.717) is 5.13 Å². The number of aromatic nitrogens is 2. The molecule has 0 unspecified atom stereocenters. The maximum atomic E-state index is 11.2. The van der Waals surface area contributed by atoms with Gasteiger partial charge < -0.3 is 5.32 Å². The summed E-state index contributed by atoms with van der Waals surface area (Å²) >= 11 is 1.02. The molecule has 0 aliphatic rings. The second kappa shape index (κ2) is 4.18. The normalized spacial score (nSPS) is 11.3. The Labute approximate surface area is 97.2 Å². The minimum absolute atomic E-state index is 0.143. The van der Waals surface area contributed by atoms with Crippen LogP contribution in [0.2, 0.25) is 0 Å². The number of anilines is 2. The Morgan fingerprint density at radius 3 is 2.50 bits per heavy atom. The van der Waals surface area contributed by atoms with E-state index < -0.39 is 9.84 Å². The molecule has 0 saturated heterocycles. The summed E-state index contributed by atoms with van der Waals surface area (Å²) in [6.45, 7) is 0. The molecule has 0 atom stereocenters. The summed E-state index contributed by atoms with van der Waals surface area (Å²) in [5, 5.41) is 3.30. The first kappa shape index (κ1) is 11.0. The van der Waals surface area contributed by atoms with E-state index in [1.54, 1.807) is 0 Å². The van der Waals surface area contributed by atoms with E-state index in [1.165, 1.54) is 0 Å². The van der Waals surface area contributed by atoms with Crippen LogP contribution in [0.5, 0.6) is 0 Å². The fourth-order valence-corrected chi connectivity index (χ4v) is 2.52. The summed E-state index contributed by atoms with van der Waals surface area (Å²) in [4.78, 5) is 3.89. The third kappa shape index (κ3) is 2.56. The molecule has 0 spiro atoms. The third-order valence-corrected chi connectivity index (χ3v) is 3.36. The third-order valence-electron chi connectivity index (χ3n) is 1.76. The molecule has 0 radical (unpaired) electrons. The van der Waals surface area contributed by atoms with Gasteiger partial charge in [0.2, 0.25) is 15.0 Å². The van der Waals surface area contributed by atoms with Crippen LogP contribution in [-0.2, 0) is 9.84 Å². The van der Waals surface area contributed by atoms with Crippen molar-refractivity contribution in [2.75, 3.05) is 11.6 Å². The predicted molar refractivity (Wildman–Crippen MR) is 62.7 cm³/mol. The summed E-state index contributed by atoms with van der Waals surface area (Å²) in [6, 6.07) is 9.37. The van der Waals surface area contributed by atoms with Gasteiger partial charge in [-0.1, -0.05) is 18.2 Å². The van der Waals surface area contributed by atoms with Crippen LogP contribution < -0.4 is 5.32 Å². The molecule has 2 aromatic rings. The smallest absolute Gasteiger partial charge is 0.260 e. The number of nitrogens with one attached hydrogen (secondary N) is 1. The quantitative estimate of drug-likeness (QED) is 0.903. The number of hydrogen-bond donors (Lipinski definition) is 1. The molecule has 0 saturated carbocycles. The Balaban J connectivity index is 2.22. The molecule has 5 nitrogen and oxygen atoms in total. The number of rotatable bonds is 3. The van der Waals surface area contributed by atoms with E-state index in [1.807, 2.05) is 30.3 Å². The summed E-state index contributed by atoms with van der Waals surface area (Å²) in [6.07, 6.45) is 1.08. The summed E-state index contributed by atoms with van der Waals surface area (Å²) in [7, 11) is -3.33. The molecule has 1 heterocycles. The molecular weight excluding hydrogens is 246 g/mol. The molecule has 16 heavy (non-hydrogen) atoms. The van der Waals surface area contributed by atoms with Crippen LogP contribution in [0.15, 0.2) is 35.5 Å². The van der Waals surface area contributed by atoms with Gasteiger partial charge in [0.05, 0.1) is 0 Å². The van der Waals surface area contributed by atoms with Gasteiger partial charge in [0.15, 0.2) is 0 Å². The lowest BCUT2D eigenvalue weighted by Gasteiger charge is -1.99. The Bertz CT molecular complexity index is 578. The van der Waals surface area contributed by atoms with Crippen molar-refractivity contribution in [3.8, 4) is 0 Å². The second-order valence-corrected chi connectivity index (χ2v) is 5.81. The lowest BCUT2D eigenvalue weighted by molar-refractivity contribution is 0.595. The number of nitrogens with zero attached hydrogens (tertiary/aromatic N) is 2. The second-order valence-electron chi connectivity index (χ2n) is 3.15. The van der Waals surface area contributed by atoms with Crippen molar-refractivity contribution in [1.29, 1.82) is 0 Å². The zero-order valence-corrected chi connectivity index (χ0v) is 10.0. The Morgan fingerprint density at radius 2 is 1.94 bits per heavy atom. The molecule has 0 fully saturated rings. The molecular formula is C9H9N3O2S2. The van der Waals surface area contributed by atoms with E-state index in [9.17, 15) is 8.42 Å². The zero-order valence-electron chi connectivity index (χ0n) is 8.41. The average molecular weight is 255 g/mol. The van der Waals surface area contributed by atoms with Crippen LogP contribution in [0, 0.1) is 0 Å². The number of sulfone groups is 1. The van der Waals surface area contributed by atoms with Crippen LogP contribution in [0.25, 0.3) is 0 Å². The highest BCUT2D eigenvalue weighted by atomic mass is 32.2. The highest BCUT2D eigenvalue weighted by molar-refractivity contribution is 7.90. The molecule has 0 aliphatic carbocycles. The molecule has 7 heteroatoms. The molecule has 1 aromatic heterocycles. The zero-order chi connectivity index (χ0) is 11.6.